The van der Waals surface area contributed by atoms with E-state index in [1.807, 2.05) is 6.92 Å². The molecule has 0 amide bonds. The van der Waals surface area contributed by atoms with Crippen LogP contribution in [0.1, 0.15) is 23.6 Å². The van der Waals surface area contributed by atoms with E-state index in [0.717, 1.165) is 12.7 Å². The van der Waals surface area contributed by atoms with Crippen molar-refractivity contribution >= 4 is 6.29 Å². The predicted octanol–water partition coefficient (Wildman–Crippen LogP) is 2.68. The van der Waals surface area contributed by atoms with Gasteiger partial charge in [0.2, 0.25) is 0 Å². The van der Waals surface area contributed by atoms with Gasteiger partial charge in [0.25, 0.3) is 0 Å². The Morgan fingerprint density at radius 1 is 1.31 bits per heavy atom. The number of hydrogen-bond donors (Lipinski definition) is 0. The van der Waals surface area contributed by atoms with Gasteiger partial charge >= 0.3 is 0 Å². The second kappa shape index (κ2) is 4.22. The van der Waals surface area contributed by atoms with Gasteiger partial charge in [0.05, 0.1) is 0 Å². The fourth-order valence-electron chi connectivity index (χ4n) is 1.35. The van der Waals surface area contributed by atoms with Gasteiger partial charge in [-0.1, -0.05) is 25.1 Å². The van der Waals surface area contributed by atoms with Crippen LogP contribution in [0, 0.1) is 19.8 Å². The van der Waals surface area contributed by atoms with E-state index in [9.17, 15) is 4.79 Å². The third kappa shape index (κ3) is 2.69. The summed E-state index contributed by atoms with van der Waals surface area (Å²) < 4.78 is 0. The lowest BCUT2D eigenvalue weighted by atomic mass is 9.99. The second-order valence-corrected chi connectivity index (χ2v) is 3.74. The van der Waals surface area contributed by atoms with Crippen LogP contribution in [0.4, 0.5) is 0 Å². The molecule has 1 unspecified atom stereocenters. The molecule has 0 radical (unpaired) electrons. The lowest BCUT2D eigenvalue weighted by Crippen LogP contribution is -2.00. The standard InChI is InChI=1S/C12H16O/c1-9(8-13)6-12-5-4-10(2)11(3)7-12/h4-5,7-9H,6H2,1-3H3. The molecule has 0 spiro atoms. The van der Waals surface area contributed by atoms with Gasteiger partial charge in [-0.2, -0.15) is 0 Å². The first-order chi connectivity index (χ1) is 6.13. The molecule has 0 N–H and O–H groups in total. The Kier molecular flexibility index (Phi) is 3.24. The Balaban J connectivity index is 2.79. The summed E-state index contributed by atoms with van der Waals surface area (Å²) in [5.74, 6) is 0.127. The number of aryl methyl sites for hydroxylation is 2. The van der Waals surface area contributed by atoms with Crippen molar-refractivity contribution in [1.29, 1.82) is 0 Å². The number of hydrogen-bond acceptors (Lipinski definition) is 1. The predicted molar refractivity (Wildman–Crippen MR) is 54.8 cm³/mol. The van der Waals surface area contributed by atoms with Gasteiger partial charge < -0.3 is 4.79 Å². The fourth-order valence-corrected chi connectivity index (χ4v) is 1.35. The fraction of sp³-hybridized carbons (Fsp3) is 0.417. The average Bonchev–Trinajstić information content (AvgIpc) is 2.11. The second-order valence-electron chi connectivity index (χ2n) is 3.74. The van der Waals surface area contributed by atoms with Gasteiger partial charge in [-0.15, -0.1) is 0 Å². The van der Waals surface area contributed by atoms with E-state index in [4.69, 9.17) is 0 Å². The Labute approximate surface area is 79.8 Å². The Hall–Kier alpha value is -1.11. The summed E-state index contributed by atoms with van der Waals surface area (Å²) in [7, 11) is 0. The molecule has 1 heteroatoms. The first-order valence-corrected chi connectivity index (χ1v) is 4.65. The van der Waals surface area contributed by atoms with Crippen LogP contribution in [0.25, 0.3) is 0 Å². The molecule has 0 heterocycles. The highest BCUT2D eigenvalue weighted by Gasteiger charge is 2.02. The number of carbonyl (C=O) groups excluding carboxylic acids is 1. The van der Waals surface area contributed by atoms with E-state index in [1.54, 1.807) is 0 Å². The van der Waals surface area contributed by atoms with Crippen molar-refractivity contribution in [2.75, 3.05) is 0 Å². The highest BCUT2D eigenvalue weighted by molar-refractivity contribution is 5.53. The van der Waals surface area contributed by atoms with Crippen LogP contribution in [-0.2, 0) is 11.2 Å². The maximum atomic E-state index is 10.5. The number of carbonyl (C=O) groups is 1. The van der Waals surface area contributed by atoms with Gasteiger partial charge in [-0.3, -0.25) is 0 Å². The molecule has 0 saturated heterocycles. The van der Waals surface area contributed by atoms with E-state index in [2.05, 4.69) is 32.0 Å². The molecule has 1 rings (SSSR count). The molecule has 0 saturated carbocycles. The quantitative estimate of drug-likeness (QED) is 0.647. The first kappa shape index (κ1) is 9.97. The number of benzene rings is 1. The van der Waals surface area contributed by atoms with Crippen molar-refractivity contribution in [3.05, 3.63) is 34.9 Å². The Morgan fingerprint density at radius 3 is 2.54 bits per heavy atom. The molecule has 0 fully saturated rings. The molecule has 13 heavy (non-hydrogen) atoms. The van der Waals surface area contributed by atoms with Crippen LogP contribution in [0.5, 0.6) is 0 Å². The number of aldehydes is 1. The summed E-state index contributed by atoms with van der Waals surface area (Å²) in [5, 5.41) is 0. The van der Waals surface area contributed by atoms with E-state index in [-0.39, 0.29) is 5.92 Å². The maximum absolute atomic E-state index is 10.5. The summed E-state index contributed by atoms with van der Waals surface area (Å²) in [6.45, 7) is 6.15. The molecule has 0 aliphatic carbocycles. The van der Waals surface area contributed by atoms with Crippen molar-refractivity contribution in [3.63, 3.8) is 0 Å². The molecule has 1 nitrogen and oxygen atoms in total. The minimum atomic E-state index is 0.127. The van der Waals surface area contributed by atoms with E-state index in [0.29, 0.717) is 0 Å². The zero-order valence-corrected chi connectivity index (χ0v) is 8.50. The van der Waals surface area contributed by atoms with Crippen molar-refractivity contribution in [1.82, 2.24) is 0 Å². The summed E-state index contributed by atoms with van der Waals surface area (Å²) in [4.78, 5) is 10.5. The van der Waals surface area contributed by atoms with Crippen molar-refractivity contribution in [2.24, 2.45) is 5.92 Å². The lowest BCUT2D eigenvalue weighted by molar-refractivity contribution is -0.110. The monoisotopic (exact) mass is 176 g/mol. The van der Waals surface area contributed by atoms with Gasteiger partial charge in [0.15, 0.2) is 0 Å². The van der Waals surface area contributed by atoms with Crippen LogP contribution in [0.3, 0.4) is 0 Å². The molecule has 1 aromatic carbocycles. The van der Waals surface area contributed by atoms with Crippen LogP contribution in [0.2, 0.25) is 0 Å². The highest BCUT2D eigenvalue weighted by atomic mass is 16.1. The van der Waals surface area contributed by atoms with Gasteiger partial charge in [-0.05, 0) is 37.0 Å². The number of rotatable bonds is 3. The molecule has 1 atom stereocenters. The normalized spacial score (nSPS) is 12.5. The van der Waals surface area contributed by atoms with E-state index < -0.39 is 0 Å². The average molecular weight is 176 g/mol. The molecule has 0 bridgehead atoms. The van der Waals surface area contributed by atoms with Crippen molar-refractivity contribution in [3.8, 4) is 0 Å². The van der Waals surface area contributed by atoms with Crippen LogP contribution in [0.15, 0.2) is 18.2 Å². The third-order valence-corrected chi connectivity index (χ3v) is 2.36. The maximum Gasteiger partial charge on any atom is 0.123 e. The highest BCUT2D eigenvalue weighted by Crippen LogP contribution is 2.12. The summed E-state index contributed by atoms with van der Waals surface area (Å²) in [6, 6.07) is 6.37. The zero-order valence-electron chi connectivity index (χ0n) is 8.50. The molecule has 1 aromatic rings. The Bertz CT molecular complexity index is 302. The molecule has 0 aromatic heterocycles. The van der Waals surface area contributed by atoms with Crippen LogP contribution in [-0.4, -0.2) is 6.29 Å². The largest absolute Gasteiger partial charge is 0.303 e. The minimum Gasteiger partial charge on any atom is -0.303 e. The van der Waals surface area contributed by atoms with Gasteiger partial charge in [-0.25, -0.2) is 0 Å². The zero-order chi connectivity index (χ0) is 9.84. The Morgan fingerprint density at radius 2 is 2.00 bits per heavy atom. The SMILES string of the molecule is Cc1ccc(CC(C)C=O)cc1C. The molecule has 0 aliphatic rings. The van der Waals surface area contributed by atoms with Crippen LogP contribution >= 0.6 is 0 Å². The molecule has 0 aliphatic heterocycles. The third-order valence-electron chi connectivity index (χ3n) is 2.36. The van der Waals surface area contributed by atoms with Gasteiger partial charge in [0.1, 0.15) is 6.29 Å². The molecule has 70 valence electrons. The van der Waals surface area contributed by atoms with Crippen molar-refractivity contribution < 1.29 is 4.79 Å². The van der Waals surface area contributed by atoms with Crippen LogP contribution < -0.4 is 0 Å². The van der Waals surface area contributed by atoms with Gasteiger partial charge in [0, 0.05) is 5.92 Å². The van der Waals surface area contributed by atoms with E-state index >= 15 is 0 Å². The van der Waals surface area contributed by atoms with Crippen molar-refractivity contribution in [2.45, 2.75) is 27.2 Å². The molecular formula is C12H16O. The van der Waals surface area contributed by atoms with E-state index in [1.165, 1.54) is 16.7 Å². The minimum absolute atomic E-state index is 0.127. The summed E-state index contributed by atoms with van der Waals surface area (Å²) >= 11 is 0. The smallest absolute Gasteiger partial charge is 0.123 e. The topological polar surface area (TPSA) is 17.1 Å². The molecular weight excluding hydrogens is 160 g/mol. The first-order valence-electron chi connectivity index (χ1n) is 4.65. The summed E-state index contributed by atoms with van der Waals surface area (Å²) in [5.41, 5.74) is 3.86. The lowest BCUT2D eigenvalue weighted by Gasteiger charge is -2.06. The summed E-state index contributed by atoms with van der Waals surface area (Å²) in [6.07, 6.45) is 1.86.